The molecule has 2 nitrogen and oxygen atoms in total. The van der Waals surface area contributed by atoms with E-state index >= 15 is 0 Å². The molecule has 0 aromatic rings. The SMILES string of the molecule is CC[P+](CC)(CC)CCOCCOC. The molecule has 3 heteroatoms. The van der Waals surface area contributed by atoms with Gasteiger partial charge in [0.25, 0.3) is 0 Å². The van der Waals surface area contributed by atoms with Gasteiger partial charge in [0.1, 0.15) is 0 Å². The van der Waals surface area contributed by atoms with Crippen LogP contribution in [0.4, 0.5) is 0 Å². The first-order chi connectivity index (χ1) is 6.74. The summed E-state index contributed by atoms with van der Waals surface area (Å²) in [5.41, 5.74) is 0. The van der Waals surface area contributed by atoms with E-state index in [-0.39, 0.29) is 0 Å². The first-order valence-electron chi connectivity index (χ1n) is 5.66. The molecule has 0 atom stereocenters. The van der Waals surface area contributed by atoms with Crippen molar-refractivity contribution in [2.45, 2.75) is 20.8 Å². The van der Waals surface area contributed by atoms with Gasteiger partial charge in [-0.1, -0.05) is 0 Å². The lowest BCUT2D eigenvalue weighted by Gasteiger charge is -2.23. The van der Waals surface area contributed by atoms with Crippen LogP contribution in [0.5, 0.6) is 0 Å². The lowest BCUT2D eigenvalue weighted by atomic mass is 10.7. The van der Waals surface area contributed by atoms with Gasteiger partial charge in [-0.05, 0) is 20.8 Å². The molecule has 0 rings (SSSR count). The molecule has 0 amide bonds. The van der Waals surface area contributed by atoms with Crippen molar-refractivity contribution in [3.63, 3.8) is 0 Å². The maximum atomic E-state index is 5.54. The minimum Gasteiger partial charge on any atom is -0.382 e. The summed E-state index contributed by atoms with van der Waals surface area (Å²) in [6.07, 6.45) is 5.40. The van der Waals surface area contributed by atoms with E-state index in [0.717, 1.165) is 19.8 Å². The molecule has 0 radical (unpaired) electrons. The molecule has 0 aromatic carbocycles. The smallest absolute Gasteiger partial charge is 0.0827 e. The zero-order chi connectivity index (χ0) is 10.9. The van der Waals surface area contributed by atoms with Crippen molar-refractivity contribution in [3.8, 4) is 0 Å². The van der Waals surface area contributed by atoms with Gasteiger partial charge in [-0.3, -0.25) is 0 Å². The Morgan fingerprint density at radius 2 is 1.43 bits per heavy atom. The van der Waals surface area contributed by atoms with Gasteiger partial charge in [-0.2, -0.15) is 0 Å². The van der Waals surface area contributed by atoms with Gasteiger partial charge in [0.15, 0.2) is 0 Å². The van der Waals surface area contributed by atoms with Gasteiger partial charge in [-0.15, -0.1) is 0 Å². The van der Waals surface area contributed by atoms with Crippen molar-refractivity contribution < 1.29 is 9.47 Å². The Morgan fingerprint density at radius 1 is 0.857 bits per heavy atom. The fourth-order valence-corrected chi connectivity index (χ4v) is 4.45. The third-order valence-electron chi connectivity index (χ3n) is 3.15. The van der Waals surface area contributed by atoms with Crippen molar-refractivity contribution in [1.29, 1.82) is 0 Å². The van der Waals surface area contributed by atoms with Crippen molar-refractivity contribution in [3.05, 3.63) is 0 Å². The zero-order valence-corrected chi connectivity index (χ0v) is 11.1. The van der Waals surface area contributed by atoms with E-state index in [1.807, 2.05) is 0 Å². The Balaban J connectivity index is 3.61. The summed E-state index contributed by atoms with van der Waals surface area (Å²) in [4.78, 5) is 0. The molecule has 0 bridgehead atoms. The maximum absolute atomic E-state index is 5.54. The summed E-state index contributed by atoms with van der Waals surface area (Å²) < 4.78 is 10.5. The topological polar surface area (TPSA) is 18.5 Å². The third kappa shape index (κ3) is 5.29. The van der Waals surface area contributed by atoms with Crippen molar-refractivity contribution in [1.82, 2.24) is 0 Å². The van der Waals surface area contributed by atoms with Crippen LogP contribution in [-0.2, 0) is 9.47 Å². The lowest BCUT2D eigenvalue weighted by molar-refractivity contribution is 0.0785. The summed E-state index contributed by atoms with van der Waals surface area (Å²) in [6.45, 7) is 9.37. The first-order valence-corrected chi connectivity index (χ1v) is 8.19. The molecule has 0 aliphatic carbocycles. The average Bonchev–Trinajstić information content (AvgIpc) is 2.24. The van der Waals surface area contributed by atoms with Crippen molar-refractivity contribution in [2.24, 2.45) is 0 Å². The Bertz CT molecular complexity index is 116. The molecule has 0 heterocycles. The minimum atomic E-state index is -0.653. The second-order valence-electron chi connectivity index (χ2n) is 3.62. The van der Waals surface area contributed by atoms with Crippen LogP contribution >= 0.6 is 7.26 Å². The van der Waals surface area contributed by atoms with E-state index in [4.69, 9.17) is 9.47 Å². The van der Waals surface area contributed by atoms with E-state index < -0.39 is 7.26 Å². The van der Waals surface area contributed by atoms with Crippen LogP contribution in [-0.4, -0.2) is 51.6 Å². The molecule has 0 aliphatic heterocycles. The summed E-state index contributed by atoms with van der Waals surface area (Å²) in [5.74, 6) is 0. The molecule has 0 N–H and O–H groups in total. The molecule has 14 heavy (non-hydrogen) atoms. The highest BCUT2D eigenvalue weighted by atomic mass is 31.2. The lowest BCUT2D eigenvalue weighted by Crippen LogP contribution is -2.13. The van der Waals surface area contributed by atoms with Crippen molar-refractivity contribution in [2.75, 3.05) is 51.6 Å². The predicted molar refractivity (Wildman–Crippen MR) is 66.1 cm³/mol. The van der Waals surface area contributed by atoms with Gasteiger partial charge < -0.3 is 9.47 Å². The number of methoxy groups -OCH3 is 1. The Labute approximate surface area is 89.7 Å². The standard InChI is InChI=1S/C11H26O2P/c1-5-14(6-2,7-3)11-10-13-9-8-12-4/h5-11H2,1-4H3/q+1. The van der Waals surface area contributed by atoms with Crippen molar-refractivity contribution >= 4 is 7.26 Å². The number of rotatable bonds is 9. The fourth-order valence-electron chi connectivity index (χ4n) is 1.65. The van der Waals surface area contributed by atoms with Gasteiger partial charge in [0.05, 0.1) is 44.5 Å². The van der Waals surface area contributed by atoms with Crippen LogP contribution < -0.4 is 0 Å². The average molecular weight is 221 g/mol. The van der Waals surface area contributed by atoms with Crippen LogP contribution in [0, 0.1) is 0 Å². The van der Waals surface area contributed by atoms with E-state index in [0.29, 0.717) is 0 Å². The van der Waals surface area contributed by atoms with Gasteiger partial charge in [0.2, 0.25) is 0 Å². The second-order valence-corrected chi connectivity index (χ2v) is 8.65. The first kappa shape index (κ1) is 14.3. The number of ether oxygens (including phenoxy) is 2. The van der Waals surface area contributed by atoms with E-state index in [1.54, 1.807) is 7.11 Å². The predicted octanol–water partition coefficient (Wildman–Crippen LogP) is 2.73. The molecule has 86 valence electrons. The molecule has 0 unspecified atom stereocenters. The normalized spacial score (nSPS) is 12.0. The minimum absolute atomic E-state index is 0.653. The Kier molecular flexibility index (Phi) is 8.86. The zero-order valence-electron chi connectivity index (χ0n) is 10.2. The maximum Gasteiger partial charge on any atom is 0.0827 e. The Hall–Kier alpha value is 0.350. The number of hydrogen-bond acceptors (Lipinski definition) is 2. The largest absolute Gasteiger partial charge is 0.382 e. The highest BCUT2D eigenvalue weighted by Crippen LogP contribution is 2.57. The van der Waals surface area contributed by atoms with Crippen LogP contribution in [0.15, 0.2) is 0 Å². The van der Waals surface area contributed by atoms with E-state index in [9.17, 15) is 0 Å². The van der Waals surface area contributed by atoms with Crippen LogP contribution in [0.25, 0.3) is 0 Å². The molecule has 0 spiro atoms. The molecular formula is C11H26O2P+. The Morgan fingerprint density at radius 3 is 1.86 bits per heavy atom. The van der Waals surface area contributed by atoms with Gasteiger partial charge >= 0.3 is 0 Å². The monoisotopic (exact) mass is 221 g/mol. The fraction of sp³-hybridized carbons (Fsp3) is 1.00. The molecule has 0 aliphatic rings. The number of hydrogen-bond donors (Lipinski definition) is 0. The van der Waals surface area contributed by atoms with Crippen LogP contribution in [0.2, 0.25) is 0 Å². The van der Waals surface area contributed by atoms with Crippen LogP contribution in [0.1, 0.15) is 20.8 Å². The van der Waals surface area contributed by atoms with E-state index in [1.165, 1.54) is 24.6 Å². The summed E-state index contributed by atoms with van der Waals surface area (Å²) in [7, 11) is 1.06. The quantitative estimate of drug-likeness (QED) is 0.440. The van der Waals surface area contributed by atoms with E-state index in [2.05, 4.69) is 20.8 Å². The third-order valence-corrected chi connectivity index (χ3v) is 8.31. The molecule has 0 saturated heterocycles. The summed E-state index contributed by atoms with van der Waals surface area (Å²) in [5, 5.41) is 0. The summed E-state index contributed by atoms with van der Waals surface area (Å²) in [6, 6.07) is 0. The van der Waals surface area contributed by atoms with Gasteiger partial charge in [-0.25, -0.2) is 0 Å². The molecule has 0 aromatic heterocycles. The highest BCUT2D eigenvalue weighted by Gasteiger charge is 2.30. The molecule has 0 fully saturated rings. The van der Waals surface area contributed by atoms with Gasteiger partial charge in [0, 0.05) is 14.4 Å². The molecule has 0 saturated carbocycles. The molecular weight excluding hydrogens is 195 g/mol. The second kappa shape index (κ2) is 8.64. The summed E-state index contributed by atoms with van der Waals surface area (Å²) >= 11 is 0. The highest BCUT2D eigenvalue weighted by molar-refractivity contribution is 7.75. The van der Waals surface area contributed by atoms with Crippen LogP contribution in [0.3, 0.4) is 0 Å².